The molecular formula is C12H18N4O2. The minimum absolute atomic E-state index is 0.0710. The van der Waals surface area contributed by atoms with Crippen LogP contribution < -0.4 is 10.6 Å². The molecule has 0 aliphatic carbocycles. The third kappa shape index (κ3) is 2.43. The zero-order valence-corrected chi connectivity index (χ0v) is 10.7. The second-order valence-electron chi connectivity index (χ2n) is 4.94. The summed E-state index contributed by atoms with van der Waals surface area (Å²) >= 11 is 0. The summed E-state index contributed by atoms with van der Waals surface area (Å²) in [6, 6.07) is 1.95. The summed E-state index contributed by atoms with van der Waals surface area (Å²) in [6.45, 7) is 5.55. The molecule has 6 nitrogen and oxygen atoms in total. The number of pyridine rings is 1. The predicted octanol–water partition coefficient (Wildman–Crippen LogP) is 1.47. The van der Waals surface area contributed by atoms with Crippen LogP contribution in [-0.4, -0.2) is 29.0 Å². The van der Waals surface area contributed by atoms with Crippen LogP contribution in [0.4, 0.5) is 11.5 Å². The van der Waals surface area contributed by atoms with E-state index in [1.54, 1.807) is 13.0 Å². The Morgan fingerprint density at radius 3 is 2.89 bits per heavy atom. The van der Waals surface area contributed by atoms with Crippen LogP contribution in [0.2, 0.25) is 0 Å². The Kier molecular flexibility index (Phi) is 3.47. The first-order chi connectivity index (χ1) is 8.49. The van der Waals surface area contributed by atoms with Gasteiger partial charge in [-0.1, -0.05) is 0 Å². The van der Waals surface area contributed by atoms with Gasteiger partial charge in [-0.25, -0.2) is 4.98 Å². The van der Waals surface area contributed by atoms with E-state index in [4.69, 9.17) is 5.73 Å². The van der Waals surface area contributed by atoms with Crippen molar-refractivity contribution >= 4 is 11.5 Å². The van der Waals surface area contributed by atoms with Gasteiger partial charge in [-0.15, -0.1) is 0 Å². The molecule has 1 saturated heterocycles. The molecule has 18 heavy (non-hydrogen) atoms. The maximum atomic E-state index is 10.7. The fraction of sp³-hybridized carbons (Fsp3) is 0.583. The average molecular weight is 250 g/mol. The lowest BCUT2D eigenvalue weighted by molar-refractivity contribution is -0.385. The van der Waals surface area contributed by atoms with Crippen molar-refractivity contribution in [3.05, 3.63) is 27.9 Å². The average Bonchev–Trinajstić information content (AvgIpc) is 2.77. The van der Waals surface area contributed by atoms with Gasteiger partial charge >= 0.3 is 0 Å². The maximum absolute atomic E-state index is 10.7. The van der Waals surface area contributed by atoms with Crippen LogP contribution in [0.3, 0.4) is 0 Å². The Bertz CT molecular complexity index is 461. The van der Waals surface area contributed by atoms with Crippen molar-refractivity contribution in [3.63, 3.8) is 0 Å². The first-order valence-corrected chi connectivity index (χ1v) is 6.10. The van der Waals surface area contributed by atoms with Gasteiger partial charge in [0.1, 0.15) is 12.0 Å². The van der Waals surface area contributed by atoms with E-state index in [1.165, 1.54) is 6.20 Å². The van der Waals surface area contributed by atoms with Crippen LogP contribution in [-0.2, 0) is 0 Å². The Hall–Kier alpha value is -1.69. The third-order valence-electron chi connectivity index (χ3n) is 3.56. The first kappa shape index (κ1) is 12.8. The van der Waals surface area contributed by atoms with Crippen LogP contribution in [0, 0.1) is 23.0 Å². The molecule has 0 aromatic carbocycles. The molecule has 98 valence electrons. The second-order valence-corrected chi connectivity index (χ2v) is 4.94. The van der Waals surface area contributed by atoms with Crippen molar-refractivity contribution in [2.24, 2.45) is 11.7 Å². The van der Waals surface area contributed by atoms with E-state index in [0.717, 1.165) is 25.3 Å². The second kappa shape index (κ2) is 4.89. The van der Waals surface area contributed by atoms with Crippen molar-refractivity contribution in [1.82, 2.24) is 4.98 Å². The number of nitrogens with zero attached hydrogens (tertiary/aromatic N) is 3. The van der Waals surface area contributed by atoms with E-state index in [-0.39, 0.29) is 11.7 Å². The number of nitro groups is 1. The van der Waals surface area contributed by atoms with Gasteiger partial charge < -0.3 is 10.6 Å². The summed E-state index contributed by atoms with van der Waals surface area (Å²) in [5.41, 5.74) is 6.61. The standard InChI is InChI=1S/C12H18N4O2/c1-8-5-12(14-6-11(8)16(17)18)15-4-3-10(7-15)9(2)13/h5-6,9-10H,3-4,7,13H2,1-2H3. The van der Waals surface area contributed by atoms with Gasteiger partial charge in [-0.2, -0.15) is 0 Å². The van der Waals surface area contributed by atoms with Crippen molar-refractivity contribution in [2.45, 2.75) is 26.3 Å². The minimum Gasteiger partial charge on any atom is -0.356 e. The minimum atomic E-state index is -0.402. The van der Waals surface area contributed by atoms with E-state index in [9.17, 15) is 10.1 Å². The molecule has 1 aromatic rings. The molecule has 1 fully saturated rings. The molecule has 0 bridgehead atoms. The van der Waals surface area contributed by atoms with Gasteiger partial charge in [0, 0.05) is 24.7 Å². The maximum Gasteiger partial charge on any atom is 0.290 e. The van der Waals surface area contributed by atoms with Gasteiger partial charge in [-0.05, 0) is 32.3 Å². The van der Waals surface area contributed by atoms with Gasteiger partial charge in [0.15, 0.2) is 0 Å². The molecule has 1 aromatic heterocycles. The molecule has 1 aliphatic heterocycles. The lowest BCUT2D eigenvalue weighted by Crippen LogP contribution is -2.30. The number of rotatable bonds is 3. The molecule has 0 radical (unpaired) electrons. The molecule has 2 atom stereocenters. The molecule has 2 unspecified atom stereocenters. The lowest BCUT2D eigenvalue weighted by Gasteiger charge is -2.19. The topological polar surface area (TPSA) is 85.3 Å². The summed E-state index contributed by atoms with van der Waals surface area (Å²) in [4.78, 5) is 16.7. The predicted molar refractivity (Wildman–Crippen MR) is 69.6 cm³/mol. The van der Waals surface area contributed by atoms with Gasteiger partial charge in [-0.3, -0.25) is 10.1 Å². The SMILES string of the molecule is Cc1cc(N2CCC(C(C)N)C2)ncc1[N+](=O)[O-]. The molecule has 6 heteroatoms. The normalized spacial score (nSPS) is 21.1. The Morgan fingerprint density at radius 1 is 1.67 bits per heavy atom. The van der Waals surface area contributed by atoms with Crippen molar-refractivity contribution in [3.8, 4) is 0 Å². The monoisotopic (exact) mass is 250 g/mol. The fourth-order valence-corrected chi connectivity index (χ4v) is 2.32. The Labute approximate surface area is 106 Å². The summed E-state index contributed by atoms with van der Waals surface area (Å²) in [5, 5.41) is 10.7. The zero-order valence-electron chi connectivity index (χ0n) is 10.7. The number of nitrogens with two attached hydrogens (primary N) is 1. The van der Waals surface area contributed by atoms with Crippen LogP contribution in [0.25, 0.3) is 0 Å². The Balaban J connectivity index is 2.16. The summed E-state index contributed by atoms with van der Waals surface area (Å²) < 4.78 is 0. The highest BCUT2D eigenvalue weighted by Gasteiger charge is 2.26. The van der Waals surface area contributed by atoms with Crippen molar-refractivity contribution in [1.29, 1.82) is 0 Å². The highest BCUT2D eigenvalue weighted by molar-refractivity contribution is 5.49. The number of anilines is 1. The zero-order chi connectivity index (χ0) is 13.3. The largest absolute Gasteiger partial charge is 0.356 e. The molecule has 0 spiro atoms. The van der Waals surface area contributed by atoms with E-state index in [1.807, 2.05) is 6.92 Å². The van der Waals surface area contributed by atoms with E-state index >= 15 is 0 Å². The molecule has 1 aliphatic rings. The number of aryl methyl sites for hydroxylation is 1. The summed E-state index contributed by atoms with van der Waals surface area (Å²) in [7, 11) is 0. The van der Waals surface area contributed by atoms with Crippen molar-refractivity contribution in [2.75, 3.05) is 18.0 Å². The number of hydrogen-bond donors (Lipinski definition) is 1. The highest BCUT2D eigenvalue weighted by atomic mass is 16.6. The van der Waals surface area contributed by atoms with Crippen LogP contribution in [0.15, 0.2) is 12.3 Å². The molecule has 0 amide bonds. The third-order valence-corrected chi connectivity index (χ3v) is 3.56. The molecule has 2 N–H and O–H groups in total. The number of hydrogen-bond acceptors (Lipinski definition) is 5. The smallest absolute Gasteiger partial charge is 0.290 e. The van der Waals surface area contributed by atoms with E-state index in [0.29, 0.717) is 11.5 Å². The summed E-state index contributed by atoms with van der Waals surface area (Å²) in [5.74, 6) is 1.28. The van der Waals surface area contributed by atoms with Gasteiger partial charge in [0.25, 0.3) is 5.69 Å². The molecule has 0 saturated carbocycles. The fourth-order valence-electron chi connectivity index (χ4n) is 2.32. The lowest BCUT2D eigenvalue weighted by atomic mass is 10.0. The number of aromatic nitrogens is 1. The van der Waals surface area contributed by atoms with Gasteiger partial charge in [0.05, 0.1) is 4.92 Å². The van der Waals surface area contributed by atoms with Crippen molar-refractivity contribution < 1.29 is 4.92 Å². The molecular weight excluding hydrogens is 232 g/mol. The quantitative estimate of drug-likeness (QED) is 0.648. The van der Waals surface area contributed by atoms with Crippen LogP contribution >= 0.6 is 0 Å². The molecule has 2 rings (SSSR count). The highest BCUT2D eigenvalue weighted by Crippen LogP contribution is 2.26. The van der Waals surface area contributed by atoms with Crippen LogP contribution in [0.5, 0.6) is 0 Å². The van der Waals surface area contributed by atoms with E-state index in [2.05, 4.69) is 9.88 Å². The van der Waals surface area contributed by atoms with Gasteiger partial charge in [0.2, 0.25) is 0 Å². The first-order valence-electron chi connectivity index (χ1n) is 6.10. The van der Waals surface area contributed by atoms with E-state index < -0.39 is 4.92 Å². The Morgan fingerprint density at radius 2 is 2.39 bits per heavy atom. The summed E-state index contributed by atoms with van der Waals surface area (Å²) in [6.07, 6.45) is 2.39. The van der Waals surface area contributed by atoms with Crippen LogP contribution in [0.1, 0.15) is 18.9 Å². The molecule has 2 heterocycles.